The molecule has 0 fully saturated rings. The van der Waals surface area contributed by atoms with E-state index < -0.39 is 11.2 Å². The molecule has 24 heavy (non-hydrogen) atoms. The van der Waals surface area contributed by atoms with E-state index in [-0.39, 0.29) is 17.3 Å². The van der Waals surface area contributed by atoms with Crippen molar-refractivity contribution in [3.05, 3.63) is 41.0 Å². The average molecular weight is 365 g/mol. The lowest BCUT2D eigenvalue weighted by Gasteiger charge is -2.17. The number of allylic oxidation sites excluding steroid dienone is 1. The maximum Gasteiger partial charge on any atom is 0.195 e. The summed E-state index contributed by atoms with van der Waals surface area (Å²) in [5, 5.41) is -0.212. The van der Waals surface area contributed by atoms with Crippen LogP contribution in [0.5, 0.6) is 0 Å². The summed E-state index contributed by atoms with van der Waals surface area (Å²) in [6, 6.07) is 6.93. The van der Waals surface area contributed by atoms with Crippen LogP contribution in [-0.4, -0.2) is 52.4 Å². The molecule has 1 aromatic rings. The van der Waals surface area contributed by atoms with Gasteiger partial charge in [-0.3, -0.25) is 19.5 Å². The molecular formula is C16H17ClN4O2S. The second kappa shape index (κ2) is 6.96. The van der Waals surface area contributed by atoms with Crippen molar-refractivity contribution in [3.63, 3.8) is 0 Å². The number of Topliss-reactive ketones (excluding diaryl/α,β-unsaturated/α-hetero) is 1. The Morgan fingerprint density at radius 3 is 2.92 bits per heavy atom. The fourth-order valence-electron chi connectivity index (χ4n) is 2.51. The maximum atomic E-state index is 12.8. The normalized spacial score (nSPS) is 23.5. The fourth-order valence-corrected chi connectivity index (χ4v) is 3.26. The Morgan fingerprint density at radius 2 is 2.17 bits per heavy atom. The number of anilines is 1. The van der Waals surface area contributed by atoms with Gasteiger partial charge in [-0.1, -0.05) is 12.1 Å². The molecule has 3 unspecified atom stereocenters. The van der Waals surface area contributed by atoms with Crippen LogP contribution in [0.3, 0.4) is 0 Å². The van der Waals surface area contributed by atoms with Crippen LogP contribution in [0.4, 0.5) is 5.69 Å². The number of hydrogen-bond donors (Lipinski definition) is 1. The number of carbonyl (C=O) groups is 1. The Balaban J connectivity index is 1.86. The number of rotatable bonds is 5. The van der Waals surface area contributed by atoms with Crippen molar-refractivity contribution < 1.29 is 9.00 Å². The van der Waals surface area contributed by atoms with Crippen molar-refractivity contribution in [3.8, 4) is 0 Å². The van der Waals surface area contributed by atoms with Gasteiger partial charge in [0.05, 0.1) is 5.38 Å². The molecule has 3 atom stereocenters. The van der Waals surface area contributed by atoms with Crippen LogP contribution in [0.25, 0.3) is 0 Å². The van der Waals surface area contributed by atoms with Crippen molar-refractivity contribution in [1.29, 1.82) is 0 Å². The van der Waals surface area contributed by atoms with E-state index in [1.54, 1.807) is 50.8 Å². The Kier molecular flexibility index (Phi) is 4.93. The smallest absolute Gasteiger partial charge is 0.195 e. The topological polar surface area (TPSA) is 74.1 Å². The van der Waals surface area contributed by atoms with Gasteiger partial charge in [0.1, 0.15) is 0 Å². The summed E-state index contributed by atoms with van der Waals surface area (Å²) >= 11 is 4.75. The number of alkyl halides is 1. The van der Waals surface area contributed by atoms with Gasteiger partial charge in [-0.2, -0.15) is 0 Å². The van der Waals surface area contributed by atoms with Crippen molar-refractivity contribution >= 4 is 46.7 Å². The molecule has 2 aliphatic rings. The molecule has 0 bridgehead atoms. The summed E-state index contributed by atoms with van der Waals surface area (Å²) in [4.78, 5) is 21.3. The highest BCUT2D eigenvalue weighted by molar-refractivity contribution is 7.83. The number of aliphatic imine (C=N–C) groups is 2. The molecule has 126 valence electrons. The molecule has 1 N–H and O–H groups in total. The lowest BCUT2D eigenvalue weighted by molar-refractivity contribution is 0.104. The first-order valence-electron chi connectivity index (χ1n) is 7.40. The SMILES string of the molecule is CN(C)S(=O)Nc1cccc(C(=O)C2=C3CC(Cl)C=NC3N=C2)c1. The fraction of sp³-hybridized carbons (Fsp3) is 0.312. The predicted octanol–water partition coefficient (Wildman–Crippen LogP) is 2.21. The van der Waals surface area contributed by atoms with Gasteiger partial charge in [0.15, 0.2) is 23.1 Å². The second-order valence-corrected chi connectivity index (χ2v) is 7.68. The molecule has 3 rings (SSSR count). The molecule has 2 aliphatic heterocycles. The summed E-state index contributed by atoms with van der Waals surface area (Å²) in [7, 11) is 3.40. The monoisotopic (exact) mass is 364 g/mol. The highest BCUT2D eigenvalue weighted by atomic mass is 35.5. The van der Waals surface area contributed by atoms with Crippen molar-refractivity contribution in [2.24, 2.45) is 9.98 Å². The molecule has 0 saturated heterocycles. The quantitative estimate of drug-likeness (QED) is 0.642. The first kappa shape index (κ1) is 17.0. The molecule has 0 amide bonds. The van der Waals surface area contributed by atoms with Crippen molar-refractivity contribution in [1.82, 2.24) is 4.31 Å². The summed E-state index contributed by atoms with van der Waals surface area (Å²) in [6.07, 6.45) is 3.50. The molecule has 6 nitrogen and oxygen atoms in total. The Bertz CT molecular complexity index is 788. The van der Waals surface area contributed by atoms with Gasteiger partial charge >= 0.3 is 0 Å². The number of fused-ring (bicyclic) bond motifs is 1. The predicted molar refractivity (Wildman–Crippen MR) is 98.3 cm³/mol. The zero-order valence-corrected chi connectivity index (χ0v) is 14.8. The zero-order chi connectivity index (χ0) is 17.3. The van der Waals surface area contributed by atoms with Gasteiger partial charge in [0, 0.05) is 43.3 Å². The van der Waals surface area contributed by atoms with Crippen LogP contribution in [0, 0.1) is 0 Å². The minimum atomic E-state index is -1.36. The highest BCUT2D eigenvalue weighted by Crippen LogP contribution is 2.30. The summed E-state index contributed by atoms with van der Waals surface area (Å²) < 4.78 is 16.2. The van der Waals surface area contributed by atoms with Crippen molar-refractivity contribution in [2.75, 3.05) is 18.8 Å². The third kappa shape index (κ3) is 3.48. The van der Waals surface area contributed by atoms with Crippen LogP contribution in [0.2, 0.25) is 0 Å². The lowest BCUT2D eigenvalue weighted by atomic mass is 9.95. The van der Waals surface area contributed by atoms with Crippen LogP contribution in [-0.2, 0) is 11.2 Å². The van der Waals surface area contributed by atoms with Crippen LogP contribution in [0.1, 0.15) is 16.8 Å². The minimum absolute atomic E-state index is 0.128. The number of benzene rings is 1. The van der Waals surface area contributed by atoms with Crippen LogP contribution < -0.4 is 4.72 Å². The van der Waals surface area contributed by atoms with E-state index in [0.717, 1.165) is 5.57 Å². The summed E-state index contributed by atoms with van der Waals surface area (Å²) in [6.45, 7) is 0. The van der Waals surface area contributed by atoms with E-state index in [9.17, 15) is 9.00 Å². The average Bonchev–Trinajstić information content (AvgIpc) is 2.97. The molecule has 0 spiro atoms. The molecular weight excluding hydrogens is 348 g/mol. The van der Waals surface area contributed by atoms with E-state index in [0.29, 0.717) is 23.2 Å². The Labute approximate surface area is 148 Å². The molecule has 8 heteroatoms. The van der Waals surface area contributed by atoms with Gasteiger partial charge < -0.3 is 0 Å². The number of halogens is 1. The van der Waals surface area contributed by atoms with Gasteiger partial charge in [0.25, 0.3) is 0 Å². The number of hydrogen-bond acceptors (Lipinski definition) is 4. The molecule has 2 heterocycles. The van der Waals surface area contributed by atoms with Crippen LogP contribution in [0.15, 0.2) is 45.4 Å². The summed E-state index contributed by atoms with van der Waals surface area (Å²) in [5.41, 5.74) is 2.53. The zero-order valence-electron chi connectivity index (χ0n) is 13.3. The number of nitrogens with zero attached hydrogens (tertiary/aromatic N) is 3. The van der Waals surface area contributed by atoms with E-state index in [2.05, 4.69) is 14.7 Å². The van der Waals surface area contributed by atoms with E-state index in [4.69, 9.17) is 11.6 Å². The first-order chi connectivity index (χ1) is 11.5. The van der Waals surface area contributed by atoms with Gasteiger partial charge in [0.2, 0.25) is 0 Å². The molecule has 0 aliphatic carbocycles. The number of ketones is 1. The lowest BCUT2D eigenvalue weighted by Crippen LogP contribution is -2.22. The van der Waals surface area contributed by atoms with Gasteiger partial charge in [-0.05, 0) is 24.1 Å². The number of nitrogens with one attached hydrogen (secondary N) is 1. The first-order valence-corrected chi connectivity index (χ1v) is 8.94. The van der Waals surface area contributed by atoms with Gasteiger partial charge in [-0.15, -0.1) is 11.6 Å². The molecule has 1 aromatic carbocycles. The number of carbonyl (C=O) groups excluding carboxylic acids is 1. The summed E-state index contributed by atoms with van der Waals surface area (Å²) in [5.74, 6) is -0.128. The second-order valence-electron chi connectivity index (χ2n) is 5.68. The Hall–Kier alpha value is -1.83. The van der Waals surface area contributed by atoms with Crippen LogP contribution >= 0.6 is 11.6 Å². The van der Waals surface area contributed by atoms with Gasteiger partial charge in [-0.25, -0.2) is 8.51 Å². The van der Waals surface area contributed by atoms with E-state index >= 15 is 0 Å². The Morgan fingerprint density at radius 1 is 1.38 bits per heavy atom. The maximum absolute atomic E-state index is 12.8. The third-order valence-electron chi connectivity index (χ3n) is 3.71. The standard InChI is InChI=1S/C16H17ClN4O2S/c1-21(2)24(23)20-12-5-3-4-10(6-12)15(22)14-9-19-16-13(14)7-11(17)8-18-16/h3-6,8-9,11,16,20H,7H2,1-2H3. The van der Waals surface area contributed by atoms with Crippen molar-refractivity contribution in [2.45, 2.75) is 18.0 Å². The third-order valence-corrected chi connectivity index (χ3v) is 5.05. The van der Waals surface area contributed by atoms with E-state index in [1.165, 1.54) is 4.31 Å². The molecule has 0 aromatic heterocycles. The molecule has 0 radical (unpaired) electrons. The minimum Gasteiger partial charge on any atom is -0.292 e. The van der Waals surface area contributed by atoms with E-state index in [1.807, 2.05) is 0 Å². The highest BCUT2D eigenvalue weighted by Gasteiger charge is 2.30. The molecule has 0 saturated carbocycles. The largest absolute Gasteiger partial charge is 0.292 e.